The van der Waals surface area contributed by atoms with Gasteiger partial charge in [0.2, 0.25) is 10.0 Å². The number of nitrogens with one attached hydrogen (secondary N) is 1. The van der Waals surface area contributed by atoms with Gasteiger partial charge in [0.15, 0.2) is 0 Å². The SMILES string of the molecule is O=C1NS(=O)(=O)CCC[C@]2(O)CCO[C@H](C2)[C@@]2(Cl)CC[C@@H]2CN2C[C@@]3(CCCc4ccccc43)COc3ccc1cc32. The summed E-state index contributed by atoms with van der Waals surface area (Å²) in [6, 6.07) is 13.8. The van der Waals surface area contributed by atoms with Crippen LogP contribution in [0.1, 0.15) is 72.9 Å². The second-order valence-electron chi connectivity index (χ2n) is 13.2. The van der Waals surface area contributed by atoms with Gasteiger partial charge in [0.25, 0.3) is 5.91 Å². The number of ether oxygens (including phenoxy) is 2. The van der Waals surface area contributed by atoms with E-state index in [9.17, 15) is 18.3 Å². The number of aliphatic hydroxyl groups is 1. The normalized spacial score (nSPS) is 36.0. The molecule has 226 valence electrons. The molecule has 0 radical (unpaired) electrons. The molecule has 7 rings (SSSR count). The number of anilines is 1. The number of hydrogen-bond acceptors (Lipinski definition) is 7. The highest BCUT2D eigenvalue weighted by atomic mass is 35.5. The van der Waals surface area contributed by atoms with Crippen molar-refractivity contribution in [3.8, 4) is 5.75 Å². The number of fused-ring (bicyclic) bond motifs is 7. The Labute approximate surface area is 252 Å². The third kappa shape index (κ3) is 5.00. The van der Waals surface area contributed by atoms with Gasteiger partial charge in [0.1, 0.15) is 5.75 Å². The van der Waals surface area contributed by atoms with Crippen molar-refractivity contribution >= 4 is 33.2 Å². The van der Waals surface area contributed by atoms with Crippen LogP contribution in [0.2, 0.25) is 0 Å². The quantitative estimate of drug-likeness (QED) is 0.426. The van der Waals surface area contributed by atoms with Crippen LogP contribution in [0.4, 0.5) is 5.69 Å². The zero-order valence-corrected chi connectivity index (χ0v) is 25.4. The Bertz CT molecular complexity index is 1500. The molecule has 0 aromatic heterocycles. The zero-order valence-electron chi connectivity index (χ0n) is 23.8. The molecule has 5 atom stereocenters. The standard InChI is InChI=1S/C32H39ClN2O6S/c33-32-13-10-24(32)19-35-20-30(11-3-6-22-5-1-2-7-25(22)30)21-41-27-9-8-23(17-26(27)35)29(36)34-42(38,39)16-4-12-31(37)14-15-40-28(32)18-31/h1-2,5,7-9,17,24,28,37H,3-4,6,10-16,18-21H2,(H,34,36)/t24-,28-,30+,31+,32-/m1/s1. The number of hydrogen-bond donors (Lipinski definition) is 2. The maximum atomic E-state index is 13.2. The minimum atomic E-state index is -3.89. The molecule has 0 unspecified atom stereocenters. The van der Waals surface area contributed by atoms with Gasteiger partial charge in [0.05, 0.1) is 34.6 Å². The molecule has 1 spiro atoms. The summed E-state index contributed by atoms with van der Waals surface area (Å²) >= 11 is 7.44. The van der Waals surface area contributed by atoms with Crippen LogP contribution in [-0.2, 0) is 26.6 Å². The number of nitrogens with zero attached hydrogens (tertiary/aromatic N) is 1. The minimum absolute atomic E-state index is 0.110. The average molecular weight is 615 g/mol. The zero-order chi connectivity index (χ0) is 29.2. The Hall–Kier alpha value is -2.33. The van der Waals surface area contributed by atoms with E-state index in [0.29, 0.717) is 51.3 Å². The molecule has 2 aromatic rings. The first-order valence-corrected chi connectivity index (χ1v) is 17.3. The predicted molar refractivity (Wildman–Crippen MR) is 161 cm³/mol. The molecule has 1 amide bonds. The number of sulfonamides is 1. The van der Waals surface area contributed by atoms with Gasteiger partial charge in [-0.2, -0.15) is 0 Å². The molecule has 8 nitrogen and oxygen atoms in total. The second kappa shape index (κ2) is 10.4. The minimum Gasteiger partial charge on any atom is -0.490 e. The summed E-state index contributed by atoms with van der Waals surface area (Å²) < 4.78 is 40.8. The first kappa shape index (κ1) is 28.4. The Morgan fingerprint density at radius 3 is 2.76 bits per heavy atom. The van der Waals surface area contributed by atoms with Crippen molar-refractivity contribution in [2.45, 2.75) is 79.8 Å². The average Bonchev–Trinajstić information content (AvgIpc) is 3.11. The van der Waals surface area contributed by atoms with E-state index >= 15 is 0 Å². The van der Waals surface area contributed by atoms with Crippen LogP contribution in [0.25, 0.3) is 0 Å². The maximum Gasteiger partial charge on any atom is 0.264 e. The van der Waals surface area contributed by atoms with Crippen molar-refractivity contribution in [1.82, 2.24) is 4.72 Å². The van der Waals surface area contributed by atoms with Crippen molar-refractivity contribution in [2.75, 3.05) is 37.0 Å². The summed E-state index contributed by atoms with van der Waals surface area (Å²) in [5.41, 5.74) is 2.42. The van der Waals surface area contributed by atoms with Crippen molar-refractivity contribution < 1.29 is 27.8 Å². The number of rotatable bonds is 0. The molecule has 10 heteroatoms. The molecule has 1 saturated carbocycles. The van der Waals surface area contributed by atoms with Gasteiger partial charge in [0, 0.05) is 37.1 Å². The third-order valence-electron chi connectivity index (χ3n) is 10.5. The third-order valence-corrected chi connectivity index (χ3v) is 12.6. The fraction of sp³-hybridized carbons (Fsp3) is 0.594. The summed E-state index contributed by atoms with van der Waals surface area (Å²) in [4.78, 5) is 14.9. The number of halogens is 1. The largest absolute Gasteiger partial charge is 0.490 e. The molecule has 4 bridgehead atoms. The maximum absolute atomic E-state index is 13.2. The fourth-order valence-electron chi connectivity index (χ4n) is 8.06. The molecule has 2 aromatic carbocycles. The predicted octanol–water partition coefficient (Wildman–Crippen LogP) is 4.31. The topological polar surface area (TPSA) is 105 Å². The lowest BCUT2D eigenvalue weighted by Gasteiger charge is -2.54. The van der Waals surface area contributed by atoms with Crippen LogP contribution in [0.15, 0.2) is 42.5 Å². The molecule has 2 N–H and O–H groups in total. The van der Waals surface area contributed by atoms with E-state index in [1.54, 1.807) is 18.2 Å². The van der Waals surface area contributed by atoms with Crippen LogP contribution in [-0.4, -0.2) is 68.1 Å². The second-order valence-corrected chi connectivity index (χ2v) is 15.7. The van der Waals surface area contributed by atoms with Gasteiger partial charge in [-0.25, -0.2) is 13.1 Å². The molecular weight excluding hydrogens is 576 g/mol. The van der Waals surface area contributed by atoms with Crippen molar-refractivity contribution in [3.63, 3.8) is 0 Å². The first-order valence-electron chi connectivity index (χ1n) is 15.3. The van der Waals surface area contributed by atoms with E-state index in [1.165, 1.54) is 11.1 Å². The smallest absolute Gasteiger partial charge is 0.264 e. The molecule has 2 aliphatic carbocycles. The summed E-state index contributed by atoms with van der Waals surface area (Å²) in [6.45, 7) is 2.24. The highest BCUT2D eigenvalue weighted by Crippen LogP contribution is 2.53. The Balaban J connectivity index is 1.31. The van der Waals surface area contributed by atoms with Crippen LogP contribution in [0, 0.1) is 5.92 Å². The molecule has 42 heavy (non-hydrogen) atoms. The van der Waals surface area contributed by atoms with Gasteiger partial charge in [-0.3, -0.25) is 4.79 Å². The lowest BCUT2D eigenvalue weighted by Crippen LogP contribution is -2.60. The molecule has 2 fully saturated rings. The monoisotopic (exact) mass is 614 g/mol. The van der Waals surface area contributed by atoms with Crippen LogP contribution < -0.4 is 14.4 Å². The van der Waals surface area contributed by atoms with Crippen LogP contribution >= 0.6 is 11.6 Å². The van der Waals surface area contributed by atoms with E-state index in [1.807, 2.05) is 0 Å². The van der Waals surface area contributed by atoms with Gasteiger partial charge in [-0.1, -0.05) is 24.3 Å². The highest BCUT2D eigenvalue weighted by Gasteiger charge is 2.55. The van der Waals surface area contributed by atoms with Crippen molar-refractivity contribution in [1.29, 1.82) is 0 Å². The summed E-state index contributed by atoms with van der Waals surface area (Å²) in [5.74, 6) is -0.118. The summed E-state index contributed by atoms with van der Waals surface area (Å²) in [6.07, 6.45) is 5.86. The Morgan fingerprint density at radius 1 is 1.07 bits per heavy atom. The van der Waals surface area contributed by atoms with Gasteiger partial charge in [-0.05, 0) is 86.6 Å². The van der Waals surface area contributed by atoms with E-state index in [0.717, 1.165) is 37.8 Å². The first-order chi connectivity index (χ1) is 20.1. The van der Waals surface area contributed by atoms with E-state index in [-0.39, 0.29) is 35.2 Å². The van der Waals surface area contributed by atoms with Gasteiger partial charge in [-0.15, -0.1) is 11.6 Å². The van der Waals surface area contributed by atoms with Gasteiger partial charge < -0.3 is 19.5 Å². The Morgan fingerprint density at radius 2 is 1.93 bits per heavy atom. The number of benzene rings is 2. The van der Waals surface area contributed by atoms with Crippen LogP contribution in [0.3, 0.4) is 0 Å². The number of alkyl halides is 1. The number of carbonyl (C=O) groups is 1. The molecular formula is C32H39ClN2O6S. The van der Waals surface area contributed by atoms with Crippen LogP contribution in [0.5, 0.6) is 5.75 Å². The summed E-state index contributed by atoms with van der Waals surface area (Å²) in [5, 5.41) is 11.5. The molecule has 1 saturated heterocycles. The Kier molecular flexibility index (Phi) is 7.04. The van der Waals surface area contributed by atoms with E-state index in [2.05, 4.69) is 33.9 Å². The van der Waals surface area contributed by atoms with E-state index in [4.69, 9.17) is 21.1 Å². The van der Waals surface area contributed by atoms with E-state index < -0.39 is 26.4 Å². The lowest BCUT2D eigenvalue weighted by atomic mass is 9.65. The van der Waals surface area contributed by atoms with Gasteiger partial charge >= 0.3 is 0 Å². The number of amides is 1. The van der Waals surface area contributed by atoms with Crippen molar-refractivity contribution in [3.05, 3.63) is 59.2 Å². The molecule has 5 aliphatic rings. The number of carbonyl (C=O) groups excluding carboxylic acids is 1. The number of aryl methyl sites for hydroxylation is 1. The molecule has 3 aliphatic heterocycles. The van der Waals surface area contributed by atoms with Crippen molar-refractivity contribution in [2.24, 2.45) is 5.92 Å². The highest BCUT2D eigenvalue weighted by molar-refractivity contribution is 7.90. The summed E-state index contributed by atoms with van der Waals surface area (Å²) in [7, 11) is -3.89. The molecule has 3 heterocycles. The lowest BCUT2D eigenvalue weighted by molar-refractivity contribution is -0.136. The fourth-order valence-corrected chi connectivity index (χ4v) is 9.51.